The number of hydrogen-bond donors (Lipinski definition) is 2. The monoisotopic (exact) mass is 533 g/mol. The highest BCUT2D eigenvalue weighted by molar-refractivity contribution is 6.23. The van der Waals surface area contributed by atoms with E-state index in [2.05, 4.69) is 20.4 Å². The first-order valence-corrected chi connectivity index (χ1v) is 12.4. The Labute approximate surface area is 218 Å². The molecule has 2 fully saturated rings. The van der Waals surface area contributed by atoms with E-state index in [4.69, 9.17) is 0 Å². The van der Waals surface area contributed by atoms with Crippen molar-refractivity contribution in [3.8, 4) is 5.75 Å². The summed E-state index contributed by atoms with van der Waals surface area (Å²) in [6.45, 7) is 3.68. The first-order valence-electron chi connectivity index (χ1n) is 12.4. The van der Waals surface area contributed by atoms with Crippen LogP contribution in [0.4, 0.5) is 29.3 Å². The van der Waals surface area contributed by atoms with Gasteiger partial charge in [-0.3, -0.25) is 14.6 Å². The molecule has 1 aromatic carbocycles. The van der Waals surface area contributed by atoms with Crippen molar-refractivity contribution in [2.45, 2.75) is 70.4 Å². The van der Waals surface area contributed by atoms with E-state index in [1.54, 1.807) is 38.4 Å². The largest absolute Gasteiger partial charge is 0.573 e. The normalized spacial score (nSPS) is 17.8. The van der Waals surface area contributed by atoms with E-state index in [9.17, 15) is 27.6 Å². The molecule has 2 aliphatic rings. The Balaban J connectivity index is 1.55. The lowest BCUT2D eigenvalue weighted by Gasteiger charge is -2.27. The minimum Gasteiger partial charge on any atom is -0.404 e. The quantitative estimate of drug-likeness (QED) is 0.457. The number of pyridine rings is 1. The van der Waals surface area contributed by atoms with Crippen molar-refractivity contribution in [2.24, 2.45) is 0 Å². The number of anilines is 2. The van der Waals surface area contributed by atoms with Crippen molar-refractivity contribution in [3.63, 3.8) is 0 Å². The maximum atomic E-state index is 13.4. The van der Waals surface area contributed by atoms with Crippen LogP contribution in [0.15, 0.2) is 42.7 Å². The molecule has 0 atom stereocenters. The van der Waals surface area contributed by atoms with Gasteiger partial charge in [-0.05, 0) is 62.6 Å². The summed E-state index contributed by atoms with van der Waals surface area (Å²) in [5, 5.41) is 5.72. The van der Waals surface area contributed by atoms with E-state index in [0.717, 1.165) is 48.3 Å². The molecule has 1 saturated heterocycles. The molecule has 4 amide bonds. The number of rotatable bonds is 9. The molecule has 12 heteroatoms. The Morgan fingerprint density at radius 1 is 1.13 bits per heavy atom. The van der Waals surface area contributed by atoms with Gasteiger partial charge in [0.1, 0.15) is 5.54 Å². The van der Waals surface area contributed by atoms with E-state index in [1.807, 2.05) is 0 Å². The Morgan fingerprint density at radius 3 is 2.47 bits per heavy atom. The van der Waals surface area contributed by atoms with Crippen molar-refractivity contribution in [3.05, 3.63) is 48.3 Å². The van der Waals surface area contributed by atoms with Gasteiger partial charge in [0, 0.05) is 37.9 Å². The van der Waals surface area contributed by atoms with Crippen molar-refractivity contribution in [2.75, 3.05) is 16.8 Å². The number of imide groups is 1. The molecule has 2 aromatic rings. The summed E-state index contributed by atoms with van der Waals surface area (Å²) in [4.78, 5) is 45.4. The SMILES string of the molecule is CC1(C)C(=O)N(c2ccc(OC(F)(F)F)c(NC(=O)CCNC3CCCC3)c2)C(=O)N1Cc1ccncc1. The highest BCUT2D eigenvalue weighted by Crippen LogP contribution is 2.38. The van der Waals surface area contributed by atoms with Gasteiger partial charge in [0.05, 0.1) is 11.4 Å². The second-order valence-corrected chi connectivity index (χ2v) is 9.89. The van der Waals surface area contributed by atoms with Crippen LogP contribution in [0.1, 0.15) is 51.5 Å². The average Bonchev–Trinajstić information content (AvgIpc) is 3.42. The van der Waals surface area contributed by atoms with E-state index in [1.165, 1.54) is 11.0 Å². The maximum Gasteiger partial charge on any atom is 0.573 e. The second-order valence-electron chi connectivity index (χ2n) is 9.89. The zero-order valence-electron chi connectivity index (χ0n) is 21.2. The van der Waals surface area contributed by atoms with Crippen LogP contribution in [-0.2, 0) is 16.1 Å². The molecule has 38 heavy (non-hydrogen) atoms. The summed E-state index contributed by atoms with van der Waals surface area (Å²) < 4.78 is 43.2. The molecule has 0 bridgehead atoms. The van der Waals surface area contributed by atoms with Gasteiger partial charge in [0.25, 0.3) is 5.91 Å². The number of amides is 4. The van der Waals surface area contributed by atoms with Gasteiger partial charge in [-0.2, -0.15) is 0 Å². The predicted octanol–water partition coefficient (Wildman–Crippen LogP) is 4.59. The fourth-order valence-corrected chi connectivity index (χ4v) is 4.70. The number of urea groups is 1. The second kappa shape index (κ2) is 11.0. The first kappa shape index (κ1) is 27.4. The minimum atomic E-state index is -5.01. The number of nitrogens with zero attached hydrogens (tertiary/aromatic N) is 3. The van der Waals surface area contributed by atoms with Gasteiger partial charge < -0.3 is 20.3 Å². The molecule has 9 nitrogen and oxygen atoms in total. The van der Waals surface area contributed by atoms with E-state index >= 15 is 0 Å². The Bertz CT molecular complexity index is 1180. The van der Waals surface area contributed by atoms with E-state index < -0.39 is 35.5 Å². The van der Waals surface area contributed by atoms with Crippen LogP contribution in [0.2, 0.25) is 0 Å². The van der Waals surface area contributed by atoms with Gasteiger partial charge in [-0.25, -0.2) is 9.69 Å². The number of ether oxygens (including phenoxy) is 1. The number of aromatic nitrogens is 1. The predicted molar refractivity (Wildman–Crippen MR) is 133 cm³/mol. The van der Waals surface area contributed by atoms with Crippen molar-refractivity contribution >= 4 is 29.2 Å². The van der Waals surface area contributed by atoms with Crippen molar-refractivity contribution in [1.29, 1.82) is 0 Å². The van der Waals surface area contributed by atoms with Crippen LogP contribution < -0.4 is 20.3 Å². The number of halogens is 3. The van der Waals surface area contributed by atoms with Crippen LogP contribution in [0.25, 0.3) is 0 Å². The smallest absolute Gasteiger partial charge is 0.404 e. The van der Waals surface area contributed by atoms with Gasteiger partial charge in [-0.1, -0.05) is 12.8 Å². The highest BCUT2D eigenvalue weighted by atomic mass is 19.4. The van der Waals surface area contributed by atoms with Crippen LogP contribution in [-0.4, -0.2) is 52.2 Å². The molecule has 2 N–H and O–H groups in total. The summed E-state index contributed by atoms with van der Waals surface area (Å²) in [6, 6.07) is 6.43. The molecule has 0 radical (unpaired) electrons. The maximum absolute atomic E-state index is 13.4. The average molecular weight is 534 g/mol. The van der Waals surface area contributed by atoms with Crippen molar-refractivity contribution < 1.29 is 32.3 Å². The number of nitrogens with one attached hydrogen (secondary N) is 2. The topological polar surface area (TPSA) is 104 Å². The molecule has 204 valence electrons. The molecular formula is C26H30F3N5O4. The van der Waals surface area contributed by atoms with Crippen LogP contribution in [0, 0.1) is 0 Å². The summed E-state index contributed by atoms with van der Waals surface area (Å²) in [5.74, 6) is -1.73. The van der Waals surface area contributed by atoms with Gasteiger partial charge >= 0.3 is 12.4 Å². The number of benzene rings is 1. The Kier molecular flexibility index (Phi) is 7.91. The summed E-state index contributed by atoms with van der Waals surface area (Å²) >= 11 is 0. The molecule has 2 heterocycles. The fraction of sp³-hybridized carbons (Fsp3) is 0.462. The fourth-order valence-electron chi connectivity index (χ4n) is 4.70. The molecule has 1 aliphatic heterocycles. The van der Waals surface area contributed by atoms with E-state index in [-0.39, 0.29) is 24.3 Å². The Hall–Kier alpha value is -3.67. The number of carbonyl (C=O) groups excluding carboxylic acids is 3. The standard InChI is InChI=1S/C26H30F3N5O4/c1-25(2)23(36)34(24(37)33(25)16-17-9-12-30-13-10-17)19-7-8-21(38-26(27,28)29)20(15-19)32-22(35)11-14-31-18-5-3-4-6-18/h7-10,12-13,15,18,31H,3-6,11,14,16H2,1-2H3,(H,32,35). The van der Waals surface area contributed by atoms with Crippen LogP contribution in [0.3, 0.4) is 0 Å². The lowest BCUT2D eigenvalue weighted by molar-refractivity contribution is -0.274. The lowest BCUT2D eigenvalue weighted by Crippen LogP contribution is -2.43. The molecule has 0 unspecified atom stereocenters. The first-order chi connectivity index (χ1) is 18.0. The van der Waals surface area contributed by atoms with Crippen molar-refractivity contribution in [1.82, 2.24) is 15.2 Å². The lowest BCUT2D eigenvalue weighted by atomic mass is 10.0. The van der Waals surface area contributed by atoms with Crippen LogP contribution in [0.5, 0.6) is 5.75 Å². The molecule has 0 spiro atoms. The zero-order valence-corrected chi connectivity index (χ0v) is 21.2. The zero-order chi connectivity index (χ0) is 27.5. The van der Waals surface area contributed by atoms with Gasteiger partial charge in [-0.15, -0.1) is 13.2 Å². The third-order valence-corrected chi connectivity index (χ3v) is 6.77. The summed E-state index contributed by atoms with van der Waals surface area (Å²) in [7, 11) is 0. The van der Waals surface area contributed by atoms with E-state index in [0.29, 0.717) is 12.6 Å². The summed E-state index contributed by atoms with van der Waals surface area (Å²) in [6.07, 6.45) is 2.46. The van der Waals surface area contributed by atoms with Crippen LogP contribution >= 0.6 is 0 Å². The van der Waals surface area contributed by atoms with Gasteiger partial charge in [0.2, 0.25) is 5.91 Å². The molecular weight excluding hydrogens is 503 g/mol. The number of carbonyl (C=O) groups is 3. The molecule has 4 rings (SSSR count). The number of hydrogen-bond acceptors (Lipinski definition) is 6. The molecule has 1 aromatic heterocycles. The highest BCUT2D eigenvalue weighted by Gasteiger charge is 2.52. The molecule has 1 saturated carbocycles. The molecule has 1 aliphatic carbocycles. The Morgan fingerprint density at radius 2 is 1.82 bits per heavy atom. The third-order valence-electron chi connectivity index (χ3n) is 6.77. The third kappa shape index (κ3) is 6.24. The van der Waals surface area contributed by atoms with Gasteiger partial charge in [0.15, 0.2) is 5.75 Å². The number of alkyl halides is 3. The minimum absolute atomic E-state index is 0.0132. The summed E-state index contributed by atoms with van der Waals surface area (Å²) in [5.41, 5.74) is -0.753.